The van der Waals surface area contributed by atoms with Gasteiger partial charge in [0.05, 0.1) is 11.8 Å². The SMILES string of the molecule is CC(C)CC1(C(=O)O)NC(c2ccc(F)cc2)C2C(=O)NC(=O)C21. The van der Waals surface area contributed by atoms with Crippen molar-refractivity contribution in [1.82, 2.24) is 10.6 Å². The van der Waals surface area contributed by atoms with Gasteiger partial charge in [-0.25, -0.2) is 4.39 Å². The van der Waals surface area contributed by atoms with Crippen LogP contribution in [0.1, 0.15) is 31.9 Å². The molecular formula is C17H19FN2O4. The lowest BCUT2D eigenvalue weighted by Crippen LogP contribution is -2.56. The quantitative estimate of drug-likeness (QED) is 0.720. The van der Waals surface area contributed by atoms with Crippen LogP contribution in [0.3, 0.4) is 0 Å². The Kier molecular flexibility index (Phi) is 3.91. The lowest BCUT2D eigenvalue weighted by molar-refractivity contribution is -0.150. The standard InChI is InChI=1S/C17H19FN2O4/c1-8(2)7-17(16(23)24)12-11(14(21)19-15(12)22)13(20-17)9-3-5-10(18)6-4-9/h3-6,8,11-13,20H,7H2,1-2H3,(H,23,24)(H,19,21,22). The number of benzene rings is 1. The van der Waals surface area contributed by atoms with Crippen molar-refractivity contribution in [2.75, 3.05) is 0 Å². The molecule has 7 heteroatoms. The van der Waals surface area contributed by atoms with Crippen LogP contribution < -0.4 is 10.6 Å². The number of imide groups is 1. The maximum atomic E-state index is 13.2. The van der Waals surface area contributed by atoms with Crippen LogP contribution in [0.5, 0.6) is 0 Å². The number of hydrogen-bond acceptors (Lipinski definition) is 4. The number of aliphatic carboxylic acids is 1. The molecule has 3 rings (SSSR count). The first-order valence-electron chi connectivity index (χ1n) is 7.87. The zero-order chi connectivity index (χ0) is 17.6. The van der Waals surface area contributed by atoms with E-state index < -0.39 is 47.0 Å². The van der Waals surface area contributed by atoms with Crippen molar-refractivity contribution >= 4 is 17.8 Å². The van der Waals surface area contributed by atoms with Gasteiger partial charge in [0.1, 0.15) is 11.4 Å². The molecule has 3 N–H and O–H groups in total. The zero-order valence-electron chi connectivity index (χ0n) is 13.4. The molecule has 1 aromatic rings. The summed E-state index contributed by atoms with van der Waals surface area (Å²) in [6.45, 7) is 3.72. The minimum Gasteiger partial charge on any atom is -0.480 e. The van der Waals surface area contributed by atoms with E-state index in [4.69, 9.17) is 0 Å². The summed E-state index contributed by atoms with van der Waals surface area (Å²) < 4.78 is 13.2. The minimum absolute atomic E-state index is 0.00437. The number of hydrogen-bond donors (Lipinski definition) is 3. The molecule has 0 saturated carbocycles. The van der Waals surface area contributed by atoms with Crippen molar-refractivity contribution < 1.29 is 23.9 Å². The Morgan fingerprint density at radius 3 is 2.42 bits per heavy atom. The first-order valence-corrected chi connectivity index (χ1v) is 7.87. The van der Waals surface area contributed by atoms with Gasteiger partial charge in [-0.3, -0.25) is 25.0 Å². The van der Waals surface area contributed by atoms with E-state index in [1.54, 1.807) is 0 Å². The molecule has 2 amide bonds. The molecule has 0 radical (unpaired) electrons. The Labute approximate surface area is 138 Å². The van der Waals surface area contributed by atoms with Gasteiger partial charge in [0.15, 0.2) is 0 Å². The predicted molar refractivity (Wildman–Crippen MR) is 82.2 cm³/mol. The van der Waals surface area contributed by atoms with Crippen LogP contribution in [0.4, 0.5) is 4.39 Å². The molecule has 128 valence electrons. The Balaban J connectivity index is 2.09. The van der Waals surface area contributed by atoms with Crippen molar-refractivity contribution in [3.8, 4) is 0 Å². The summed E-state index contributed by atoms with van der Waals surface area (Å²) >= 11 is 0. The number of carbonyl (C=O) groups is 3. The van der Waals surface area contributed by atoms with Gasteiger partial charge in [-0.15, -0.1) is 0 Å². The maximum Gasteiger partial charge on any atom is 0.324 e. The molecule has 6 nitrogen and oxygen atoms in total. The average Bonchev–Trinajstić information content (AvgIpc) is 2.98. The lowest BCUT2D eigenvalue weighted by atomic mass is 9.75. The third kappa shape index (κ3) is 2.39. The van der Waals surface area contributed by atoms with E-state index in [1.807, 2.05) is 13.8 Å². The molecule has 1 aromatic carbocycles. The van der Waals surface area contributed by atoms with E-state index in [0.29, 0.717) is 5.56 Å². The van der Waals surface area contributed by atoms with Crippen LogP contribution in [-0.4, -0.2) is 28.4 Å². The molecule has 0 bridgehead atoms. The highest BCUT2D eigenvalue weighted by Gasteiger charge is 2.66. The van der Waals surface area contributed by atoms with Crippen LogP contribution in [0.15, 0.2) is 24.3 Å². The minimum atomic E-state index is -1.52. The van der Waals surface area contributed by atoms with Gasteiger partial charge in [-0.1, -0.05) is 26.0 Å². The third-order valence-corrected chi connectivity index (χ3v) is 4.83. The predicted octanol–water partition coefficient (Wildman–Crippen LogP) is 1.23. The van der Waals surface area contributed by atoms with E-state index in [1.165, 1.54) is 24.3 Å². The monoisotopic (exact) mass is 334 g/mol. The topological polar surface area (TPSA) is 95.5 Å². The molecular weight excluding hydrogens is 315 g/mol. The van der Waals surface area contributed by atoms with Crippen molar-refractivity contribution in [2.24, 2.45) is 17.8 Å². The number of rotatable bonds is 4. The van der Waals surface area contributed by atoms with Gasteiger partial charge in [-0.05, 0) is 30.0 Å². The fourth-order valence-corrected chi connectivity index (χ4v) is 4.00. The Bertz CT molecular complexity index is 703. The van der Waals surface area contributed by atoms with Crippen molar-refractivity contribution in [3.05, 3.63) is 35.6 Å². The summed E-state index contributed by atoms with van der Waals surface area (Å²) in [5.41, 5.74) is -0.933. The third-order valence-electron chi connectivity index (χ3n) is 4.83. The summed E-state index contributed by atoms with van der Waals surface area (Å²) in [7, 11) is 0. The van der Waals surface area contributed by atoms with Crippen LogP contribution in [0.2, 0.25) is 0 Å². The number of halogens is 1. The first-order chi connectivity index (χ1) is 11.3. The Morgan fingerprint density at radius 1 is 1.25 bits per heavy atom. The summed E-state index contributed by atoms with van der Waals surface area (Å²) in [4.78, 5) is 36.6. The van der Waals surface area contributed by atoms with E-state index in [-0.39, 0.29) is 12.3 Å². The Hall–Kier alpha value is -2.28. The fourth-order valence-electron chi connectivity index (χ4n) is 4.00. The number of nitrogens with one attached hydrogen (secondary N) is 2. The molecule has 0 aromatic heterocycles. The number of amides is 2. The lowest BCUT2D eigenvalue weighted by Gasteiger charge is -2.31. The summed E-state index contributed by atoms with van der Waals surface area (Å²) in [5.74, 6) is -4.43. The molecule has 2 aliphatic heterocycles. The highest BCUT2D eigenvalue weighted by Crippen LogP contribution is 2.48. The maximum absolute atomic E-state index is 13.2. The second kappa shape index (κ2) is 5.66. The van der Waals surface area contributed by atoms with Crippen molar-refractivity contribution in [1.29, 1.82) is 0 Å². The normalized spacial score (nSPS) is 32.1. The van der Waals surface area contributed by atoms with Crippen LogP contribution >= 0.6 is 0 Å². The van der Waals surface area contributed by atoms with Crippen LogP contribution in [0, 0.1) is 23.6 Å². The molecule has 4 atom stereocenters. The van der Waals surface area contributed by atoms with E-state index in [0.717, 1.165) is 0 Å². The van der Waals surface area contributed by atoms with E-state index in [2.05, 4.69) is 10.6 Å². The Morgan fingerprint density at radius 2 is 1.88 bits per heavy atom. The van der Waals surface area contributed by atoms with Crippen molar-refractivity contribution in [2.45, 2.75) is 31.8 Å². The fraction of sp³-hybridized carbons (Fsp3) is 0.471. The zero-order valence-corrected chi connectivity index (χ0v) is 13.4. The molecule has 2 heterocycles. The smallest absolute Gasteiger partial charge is 0.324 e. The second-order valence-corrected chi connectivity index (χ2v) is 6.90. The van der Waals surface area contributed by atoms with Gasteiger partial charge >= 0.3 is 5.97 Å². The summed E-state index contributed by atoms with van der Waals surface area (Å²) in [6, 6.07) is 4.87. The molecule has 4 unspecified atom stereocenters. The summed E-state index contributed by atoms with van der Waals surface area (Å²) in [5, 5.41) is 15.1. The van der Waals surface area contributed by atoms with Crippen LogP contribution in [-0.2, 0) is 14.4 Å². The van der Waals surface area contributed by atoms with Gasteiger partial charge in [0.25, 0.3) is 0 Å². The number of carbonyl (C=O) groups excluding carboxylic acids is 2. The largest absolute Gasteiger partial charge is 0.480 e. The summed E-state index contributed by atoms with van der Waals surface area (Å²) in [6.07, 6.45) is 0.210. The van der Waals surface area contributed by atoms with E-state index >= 15 is 0 Å². The van der Waals surface area contributed by atoms with Crippen molar-refractivity contribution in [3.63, 3.8) is 0 Å². The molecule has 2 saturated heterocycles. The van der Waals surface area contributed by atoms with Gasteiger partial charge in [0, 0.05) is 6.04 Å². The molecule has 2 aliphatic rings. The van der Waals surface area contributed by atoms with E-state index in [9.17, 15) is 23.9 Å². The van der Waals surface area contributed by atoms with Gasteiger partial charge in [-0.2, -0.15) is 0 Å². The highest BCUT2D eigenvalue weighted by molar-refractivity contribution is 6.09. The highest BCUT2D eigenvalue weighted by atomic mass is 19.1. The second-order valence-electron chi connectivity index (χ2n) is 6.90. The number of fused-ring (bicyclic) bond motifs is 1. The molecule has 2 fully saturated rings. The van der Waals surface area contributed by atoms with Gasteiger partial charge in [0.2, 0.25) is 11.8 Å². The van der Waals surface area contributed by atoms with Crippen LogP contribution in [0.25, 0.3) is 0 Å². The molecule has 0 aliphatic carbocycles. The first kappa shape index (κ1) is 16.6. The number of carboxylic acids is 1. The molecule has 0 spiro atoms. The van der Waals surface area contributed by atoms with Gasteiger partial charge < -0.3 is 5.11 Å². The molecule has 24 heavy (non-hydrogen) atoms. The number of carboxylic acid groups (broad SMARTS) is 1. The average molecular weight is 334 g/mol.